The van der Waals surface area contributed by atoms with E-state index in [9.17, 15) is 25.0 Å². The molecule has 1 aromatic heterocycles. The van der Waals surface area contributed by atoms with Crippen LogP contribution in [0.4, 0.5) is 11.4 Å². The zero-order chi connectivity index (χ0) is 17.1. The highest BCUT2D eigenvalue weighted by Gasteiger charge is 2.23. The van der Waals surface area contributed by atoms with Gasteiger partial charge in [-0.3, -0.25) is 25.0 Å². The van der Waals surface area contributed by atoms with Crippen molar-refractivity contribution in [3.05, 3.63) is 50.3 Å². The van der Waals surface area contributed by atoms with Crippen LogP contribution in [0, 0.1) is 20.2 Å². The van der Waals surface area contributed by atoms with Gasteiger partial charge in [0.15, 0.2) is 0 Å². The molecule has 11 heteroatoms. The fourth-order valence-electron chi connectivity index (χ4n) is 1.91. The van der Waals surface area contributed by atoms with Crippen molar-refractivity contribution in [3.8, 4) is 11.4 Å². The number of nitrogens with zero attached hydrogens (tertiary/aromatic N) is 3. The first kappa shape index (κ1) is 16.0. The number of benzene rings is 1. The molecule has 2 rings (SSSR count). The minimum atomic E-state index is -1.19. The number of hydrogen-bond acceptors (Lipinski definition) is 7. The van der Waals surface area contributed by atoms with E-state index in [-0.39, 0.29) is 17.8 Å². The van der Waals surface area contributed by atoms with Crippen LogP contribution in [-0.4, -0.2) is 36.9 Å². The third-order valence-corrected chi connectivity index (χ3v) is 3.03. The Bertz CT molecular complexity index is 786. The highest BCUT2D eigenvalue weighted by atomic mass is 16.6. The number of carboxylic acid groups (broad SMARTS) is 1. The van der Waals surface area contributed by atoms with E-state index >= 15 is 0 Å². The second-order valence-electron chi connectivity index (χ2n) is 4.62. The Balaban J connectivity index is 2.39. The molecule has 1 aromatic carbocycles. The molecule has 0 bridgehead atoms. The van der Waals surface area contributed by atoms with E-state index in [0.29, 0.717) is 5.69 Å². The molecular formula is C12H11N5O6. The molecule has 0 aliphatic carbocycles. The standard InChI is InChI=1S/C12H11N5O6/c13-9(12(18)19)3-6-5-14-11(15-6)8-2-1-7(16(20)21)4-10(8)17(22)23/h1-2,4-5,9H,3,13H2,(H,14,15)(H,18,19). The highest BCUT2D eigenvalue weighted by Crippen LogP contribution is 2.31. The van der Waals surface area contributed by atoms with E-state index in [1.54, 1.807) is 0 Å². The van der Waals surface area contributed by atoms with Crippen molar-refractivity contribution in [2.45, 2.75) is 12.5 Å². The van der Waals surface area contributed by atoms with Gasteiger partial charge in [0.2, 0.25) is 0 Å². The third kappa shape index (κ3) is 3.47. The van der Waals surface area contributed by atoms with Crippen LogP contribution in [0.1, 0.15) is 5.69 Å². The van der Waals surface area contributed by atoms with Crippen LogP contribution < -0.4 is 5.73 Å². The summed E-state index contributed by atoms with van der Waals surface area (Å²) in [5, 5.41) is 30.5. The molecule has 0 saturated heterocycles. The number of H-pyrrole nitrogens is 1. The Kier molecular flexibility index (Phi) is 4.32. The average Bonchev–Trinajstić information content (AvgIpc) is 2.94. The fourth-order valence-corrected chi connectivity index (χ4v) is 1.91. The van der Waals surface area contributed by atoms with Gasteiger partial charge in [0.05, 0.1) is 21.5 Å². The van der Waals surface area contributed by atoms with E-state index < -0.39 is 33.2 Å². The van der Waals surface area contributed by atoms with Gasteiger partial charge in [0.25, 0.3) is 11.4 Å². The van der Waals surface area contributed by atoms with Gasteiger partial charge < -0.3 is 15.8 Å². The molecule has 1 heterocycles. The average molecular weight is 321 g/mol. The molecule has 1 atom stereocenters. The van der Waals surface area contributed by atoms with E-state index in [0.717, 1.165) is 12.1 Å². The first-order valence-corrected chi connectivity index (χ1v) is 6.25. The molecule has 2 aromatic rings. The predicted octanol–water partition coefficient (Wildman–Crippen LogP) is 0.848. The quantitative estimate of drug-likeness (QED) is 0.517. The molecule has 0 aliphatic heterocycles. The number of nitrogens with one attached hydrogen (secondary N) is 1. The van der Waals surface area contributed by atoms with Gasteiger partial charge in [-0.25, -0.2) is 4.98 Å². The van der Waals surface area contributed by atoms with Gasteiger partial charge >= 0.3 is 5.97 Å². The summed E-state index contributed by atoms with van der Waals surface area (Å²) in [4.78, 5) is 37.7. The van der Waals surface area contributed by atoms with Crippen molar-refractivity contribution in [2.24, 2.45) is 5.73 Å². The summed E-state index contributed by atoms with van der Waals surface area (Å²) in [6, 6.07) is 2.01. The van der Waals surface area contributed by atoms with Gasteiger partial charge in [-0.15, -0.1) is 0 Å². The second kappa shape index (κ2) is 6.19. The van der Waals surface area contributed by atoms with Crippen molar-refractivity contribution in [2.75, 3.05) is 0 Å². The van der Waals surface area contributed by atoms with Crippen molar-refractivity contribution < 1.29 is 19.7 Å². The lowest BCUT2D eigenvalue weighted by atomic mass is 10.1. The number of aromatic amines is 1. The number of nitro benzene ring substituents is 2. The highest BCUT2D eigenvalue weighted by molar-refractivity contribution is 5.74. The molecular weight excluding hydrogens is 310 g/mol. The zero-order valence-electron chi connectivity index (χ0n) is 11.5. The number of imidazole rings is 1. The maximum atomic E-state index is 11.1. The summed E-state index contributed by atoms with van der Waals surface area (Å²) in [6.45, 7) is 0. The Morgan fingerprint density at radius 2 is 2.04 bits per heavy atom. The molecule has 0 saturated carbocycles. The number of rotatable bonds is 6. The predicted molar refractivity (Wildman–Crippen MR) is 76.6 cm³/mol. The largest absolute Gasteiger partial charge is 0.480 e. The summed E-state index contributed by atoms with van der Waals surface area (Å²) < 4.78 is 0. The minimum absolute atomic E-state index is 0.0386. The van der Waals surface area contributed by atoms with Crippen LogP contribution in [0.2, 0.25) is 0 Å². The fraction of sp³-hybridized carbons (Fsp3) is 0.167. The van der Waals surface area contributed by atoms with Crippen molar-refractivity contribution in [3.63, 3.8) is 0 Å². The number of carboxylic acids is 1. The number of aromatic nitrogens is 2. The van der Waals surface area contributed by atoms with E-state index in [1.165, 1.54) is 12.3 Å². The molecule has 4 N–H and O–H groups in total. The molecule has 120 valence electrons. The summed E-state index contributed by atoms with van der Waals surface area (Å²) in [7, 11) is 0. The lowest BCUT2D eigenvalue weighted by Crippen LogP contribution is -2.32. The Labute approximate surface area is 128 Å². The van der Waals surface area contributed by atoms with Crippen molar-refractivity contribution in [1.82, 2.24) is 9.97 Å². The monoisotopic (exact) mass is 321 g/mol. The lowest BCUT2D eigenvalue weighted by molar-refractivity contribution is -0.393. The van der Waals surface area contributed by atoms with Crippen LogP contribution >= 0.6 is 0 Å². The SMILES string of the molecule is NC(Cc1cnc(-c2ccc([N+](=O)[O-])cc2[N+](=O)[O-])[nH]1)C(=O)O. The third-order valence-electron chi connectivity index (χ3n) is 3.03. The number of carbonyl (C=O) groups is 1. The summed E-state index contributed by atoms with van der Waals surface area (Å²) in [5.74, 6) is -1.10. The number of aliphatic carboxylic acids is 1. The van der Waals surface area contributed by atoms with E-state index in [2.05, 4.69) is 9.97 Å². The Morgan fingerprint density at radius 3 is 2.61 bits per heavy atom. The summed E-state index contributed by atoms with van der Waals surface area (Å²) in [6.07, 6.45) is 1.27. The maximum absolute atomic E-state index is 11.1. The van der Waals surface area contributed by atoms with Crippen LogP contribution in [0.15, 0.2) is 24.4 Å². The van der Waals surface area contributed by atoms with Crippen LogP contribution in [0.25, 0.3) is 11.4 Å². The van der Waals surface area contributed by atoms with Gasteiger partial charge in [0, 0.05) is 24.4 Å². The van der Waals surface area contributed by atoms with E-state index in [1.807, 2.05) is 0 Å². The Hall–Kier alpha value is -3.34. The van der Waals surface area contributed by atoms with Gasteiger partial charge in [-0.1, -0.05) is 0 Å². The number of non-ortho nitro benzene ring substituents is 1. The molecule has 11 nitrogen and oxygen atoms in total. The molecule has 0 amide bonds. The van der Waals surface area contributed by atoms with Gasteiger partial charge in [-0.2, -0.15) is 0 Å². The smallest absolute Gasteiger partial charge is 0.320 e. The Morgan fingerprint density at radius 1 is 1.35 bits per heavy atom. The minimum Gasteiger partial charge on any atom is -0.480 e. The molecule has 1 unspecified atom stereocenters. The zero-order valence-corrected chi connectivity index (χ0v) is 11.5. The van der Waals surface area contributed by atoms with E-state index in [4.69, 9.17) is 10.8 Å². The van der Waals surface area contributed by atoms with Gasteiger partial charge in [0.1, 0.15) is 11.9 Å². The summed E-state index contributed by atoms with van der Waals surface area (Å²) in [5.41, 5.74) is 4.93. The van der Waals surface area contributed by atoms with Crippen LogP contribution in [0.5, 0.6) is 0 Å². The number of nitrogens with two attached hydrogens (primary N) is 1. The summed E-state index contributed by atoms with van der Waals surface area (Å²) >= 11 is 0. The first-order chi connectivity index (χ1) is 10.8. The molecule has 0 spiro atoms. The van der Waals surface area contributed by atoms with Crippen LogP contribution in [-0.2, 0) is 11.2 Å². The lowest BCUT2D eigenvalue weighted by Gasteiger charge is -2.03. The topological polar surface area (TPSA) is 178 Å². The van der Waals surface area contributed by atoms with Crippen LogP contribution in [0.3, 0.4) is 0 Å². The molecule has 0 aliphatic rings. The normalized spacial score (nSPS) is 11.9. The number of hydrogen-bond donors (Lipinski definition) is 3. The maximum Gasteiger partial charge on any atom is 0.320 e. The molecule has 0 fully saturated rings. The first-order valence-electron chi connectivity index (χ1n) is 6.25. The van der Waals surface area contributed by atoms with Gasteiger partial charge in [-0.05, 0) is 6.07 Å². The second-order valence-corrected chi connectivity index (χ2v) is 4.62. The number of nitro groups is 2. The molecule has 23 heavy (non-hydrogen) atoms. The van der Waals surface area contributed by atoms with Crippen molar-refractivity contribution >= 4 is 17.3 Å². The molecule has 0 radical (unpaired) electrons. The van der Waals surface area contributed by atoms with Crippen molar-refractivity contribution in [1.29, 1.82) is 0 Å².